The van der Waals surface area contributed by atoms with E-state index in [2.05, 4.69) is 28.4 Å². The van der Waals surface area contributed by atoms with E-state index in [9.17, 15) is 9.59 Å². The number of aromatic nitrogens is 1. The van der Waals surface area contributed by atoms with E-state index < -0.39 is 12.1 Å². The van der Waals surface area contributed by atoms with E-state index in [0.717, 1.165) is 34.9 Å². The SMILES string of the molecule is C=Cc1cc2cc([C@@H](C)OC3OC3[C@@H]3CCCN(C(=O)[C@H](C)NC(=O)[C@@H](N)C(C)C)N3)ccc2cn1. The first-order valence-corrected chi connectivity index (χ1v) is 12.6. The molecular weight excluding hydrogens is 458 g/mol. The number of benzene rings is 1. The molecule has 2 unspecified atom stereocenters. The van der Waals surface area contributed by atoms with Crippen LogP contribution in [-0.2, 0) is 19.1 Å². The summed E-state index contributed by atoms with van der Waals surface area (Å²) in [6, 6.07) is 6.82. The van der Waals surface area contributed by atoms with Crippen LogP contribution in [0.25, 0.3) is 16.8 Å². The highest BCUT2D eigenvalue weighted by Crippen LogP contribution is 2.35. The second kappa shape index (κ2) is 11.0. The molecule has 2 aromatic rings. The van der Waals surface area contributed by atoms with E-state index in [0.29, 0.717) is 6.54 Å². The molecule has 0 aliphatic carbocycles. The third-order valence-electron chi connectivity index (χ3n) is 6.90. The van der Waals surface area contributed by atoms with Gasteiger partial charge in [0.25, 0.3) is 5.91 Å². The second-order valence-electron chi connectivity index (χ2n) is 10.0. The number of hydrogen-bond acceptors (Lipinski definition) is 7. The van der Waals surface area contributed by atoms with Crippen LogP contribution in [-0.4, -0.2) is 58.9 Å². The second-order valence-corrected chi connectivity index (χ2v) is 10.0. The molecule has 2 fully saturated rings. The number of hydrazine groups is 1. The molecule has 4 rings (SSSR count). The summed E-state index contributed by atoms with van der Waals surface area (Å²) in [5.41, 5.74) is 11.1. The van der Waals surface area contributed by atoms with Crippen molar-refractivity contribution in [1.29, 1.82) is 0 Å². The summed E-state index contributed by atoms with van der Waals surface area (Å²) < 4.78 is 12.0. The number of nitrogens with one attached hydrogen (secondary N) is 2. The first-order valence-electron chi connectivity index (χ1n) is 12.6. The Bertz CT molecular complexity index is 1120. The van der Waals surface area contributed by atoms with Gasteiger partial charge in [0.15, 0.2) is 6.29 Å². The highest BCUT2D eigenvalue weighted by Gasteiger charge is 2.48. The number of amides is 2. The highest BCUT2D eigenvalue weighted by atomic mass is 16.8. The van der Waals surface area contributed by atoms with Crippen LogP contribution >= 0.6 is 0 Å². The predicted octanol–water partition coefficient (Wildman–Crippen LogP) is 2.66. The molecule has 6 atom stereocenters. The number of carbonyl (C=O) groups excluding carboxylic acids is 2. The van der Waals surface area contributed by atoms with Crippen LogP contribution in [0.3, 0.4) is 0 Å². The lowest BCUT2D eigenvalue weighted by molar-refractivity contribution is -0.141. The molecule has 2 amide bonds. The van der Waals surface area contributed by atoms with E-state index >= 15 is 0 Å². The lowest BCUT2D eigenvalue weighted by Gasteiger charge is -2.35. The van der Waals surface area contributed by atoms with Gasteiger partial charge in [-0.05, 0) is 61.8 Å². The van der Waals surface area contributed by atoms with Gasteiger partial charge in [0, 0.05) is 18.1 Å². The maximum absolute atomic E-state index is 12.9. The zero-order valence-electron chi connectivity index (χ0n) is 21.4. The summed E-state index contributed by atoms with van der Waals surface area (Å²) in [6.07, 6.45) is 4.64. The Kier molecular flexibility index (Phi) is 8.04. The molecule has 194 valence electrons. The molecule has 0 bridgehead atoms. The van der Waals surface area contributed by atoms with Crippen LogP contribution < -0.4 is 16.5 Å². The summed E-state index contributed by atoms with van der Waals surface area (Å²) in [7, 11) is 0. The first-order chi connectivity index (χ1) is 17.2. The molecule has 9 heteroatoms. The van der Waals surface area contributed by atoms with Crippen molar-refractivity contribution in [3.05, 3.63) is 48.3 Å². The van der Waals surface area contributed by atoms with Crippen LogP contribution in [0.15, 0.2) is 37.0 Å². The fourth-order valence-corrected chi connectivity index (χ4v) is 4.44. The van der Waals surface area contributed by atoms with Crippen LogP contribution in [0, 0.1) is 5.92 Å². The number of pyridine rings is 1. The van der Waals surface area contributed by atoms with E-state index in [1.807, 2.05) is 45.2 Å². The maximum atomic E-state index is 12.9. The van der Waals surface area contributed by atoms with E-state index in [1.54, 1.807) is 18.0 Å². The molecular formula is C27H37N5O4. The molecule has 1 aromatic heterocycles. The van der Waals surface area contributed by atoms with E-state index in [-0.39, 0.29) is 42.3 Å². The van der Waals surface area contributed by atoms with Gasteiger partial charge in [-0.3, -0.25) is 19.6 Å². The first kappa shape index (κ1) is 26.2. The van der Waals surface area contributed by atoms with Crippen molar-refractivity contribution < 1.29 is 19.1 Å². The number of rotatable bonds is 9. The third kappa shape index (κ3) is 5.92. The zero-order valence-corrected chi connectivity index (χ0v) is 21.4. The van der Waals surface area contributed by atoms with Crippen molar-refractivity contribution in [2.24, 2.45) is 11.7 Å². The van der Waals surface area contributed by atoms with Crippen molar-refractivity contribution >= 4 is 28.7 Å². The number of nitrogens with zero attached hydrogens (tertiary/aromatic N) is 2. The minimum absolute atomic E-state index is 0.00707. The molecule has 0 spiro atoms. The smallest absolute Gasteiger partial charge is 0.258 e. The Morgan fingerprint density at radius 2 is 2.06 bits per heavy atom. The molecule has 2 saturated heterocycles. The Morgan fingerprint density at radius 3 is 2.78 bits per heavy atom. The van der Waals surface area contributed by atoms with Gasteiger partial charge in [0.2, 0.25) is 5.91 Å². The van der Waals surface area contributed by atoms with Gasteiger partial charge in [0.1, 0.15) is 12.1 Å². The van der Waals surface area contributed by atoms with Crippen molar-refractivity contribution in [2.45, 2.75) is 77.2 Å². The Labute approximate surface area is 212 Å². The van der Waals surface area contributed by atoms with Crippen LogP contribution in [0.2, 0.25) is 0 Å². The number of epoxide rings is 1. The largest absolute Gasteiger partial charge is 0.343 e. The summed E-state index contributed by atoms with van der Waals surface area (Å²) in [6.45, 7) is 11.8. The van der Waals surface area contributed by atoms with E-state index in [1.165, 1.54) is 0 Å². The molecule has 3 heterocycles. The third-order valence-corrected chi connectivity index (χ3v) is 6.90. The lowest BCUT2D eigenvalue weighted by Crippen LogP contribution is -2.60. The average molecular weight is 496 g/mol. The van der Waals surface area contributed by atoms with Gasteiger partial charge in [-0.25, -0.2) is 5.43 Å². The van der Waals surface area contributed by atoms with Gasteiger partial charge in [0.05, 0.1) is 23.9 Å². The maximum Gasteiger partial charge on any atom is 0.258 e. The monoisotopic (exact) mass is 495 g/mol. The number of nitrogens with two attached hydrogens (primary N) is 1. The molecule has 2 aliphatic rings. The van der Waals surface area contributed by atoms with Gasteiger partial charge in [-0.1, -0.05) is 32.6 Å². The topological polar surface area (TPSA) is 122 Å². The quantitative estimate of drug-likeness (QED) is 0.457. The van der Waals surface area contributed by atoms with E-state index in [4.69, 9.17) is 15.2 Å². The van der Waals surface area contributed by atoms with Crippen LogP contribution in [0.4, 0.5) is 0 Å². The zero-order chi connectivity index (χ0) is 26.0. The summed E-state index contributed by atoms with van der Waals surface area (Å²) >= 11 is 0. The Hall–Kier alpha value is -2.85. The van der Waals surface area contributed by atoms with Gasteiger partial charge in [-0.2, -0.15) is 0 Å². The predicted molar refractivity (Wildman–Crippen MR) is 138 cm³/mol. The fraction of sp³-hybridized carbons (Fsp3) is 0.519. The number of hydrogen-bond donors (Lipinski definition) is 3. The van der Waals surface area contributed by atoms with Gasteiger partial charge < -0.3 is 20.5 Å². The van der Waals surface area contributed by atoms with Crippen molar-refractivity contribution in [2.75, 3.05) is 6.54 Å². The molecule has 4 N–H and O–H groups in total. The van der Waals surface area contributed by atoms with Crippen LogP contribution in [0.1, 0.15) is 57.9 Å². The number of fused-ring (bicyclic) bond motifs is 1. The Morgan fingerprint density at radius 1 is 1.28 bits per heavy atom. The summed E-state index contributed by atoms with van der Waals surface area (Å²) in [5.74, 6) is -0.523. The summed E-state index contributed by atoms with van der Waals surface area (Å²) in [5, 5.41) is 6.45. The molecule has 0 radical (unpaired) electrons. The Balaban J connectivity index is 1.31. The molecule has 1 aromatic carbocycles. The molecule has 0 saturated carbocycles. The lowest BCUT2D eigenvalue weighted by atomic mass is 10.0. The minimum atomic E-state index is -0.676. The minimum Gasteiger partial charge on any atom is -0.343 e. The van der Waals surface area contributed by atoms with Crippen LogP contribution in [0.5, 0.6) is 0 Å². The van der Waals surface area contributed by atoms with Crippen molar-refractivity contribution in [3.63, 3.8) is 0 Å². The summed E-state index contributed by atoms with van der Waals surface area (Å²) in [4.78, 5) is 29.5. The fourth-order valence-electron chi connectivity index (χ4n) is 4.44. The van der Waals surface area contributed by atoms with Gasteiger partial charge >= 0.3 is 0 Å². The van der Waals surface area contributed by atoms with Gasteiger partial charge in [-0.15, -0.1) is 0 Å². The molecule has 9 nitrogen and oxygen atoms in total. The van der Waals surface area contributed by atoms with Crippen molar-refractivity contribution in [1.82, 2.24) is 20.7 Å². The average Bonchev–Trinajstić information content (AvgIpc) is 3.65. The molecule has 2 aliphatic heterocycles. The van der Waals surface area contributed by atoms with Crippen molar-refractivity contribution in [3.8, 4) is 0 Å². The molecule has 36 heavy (non-hydrogen) atoms. The number of ether oxygens (including phenoxy) is 2. The highest BCUT2D eigenvalue weighted by molar-refractivity contribution is 5.89. The standard InChI is InChI=1S/C27H37N5O4/c1-6-21-13-20-12-18(9-10-19(20)14-29-21)17(5)35-27-24(36-27)22-8-7-11-32(31-22)26(34)16(4)30-25(33)23(28)15(2)3/h6,9-10,12-17,22-24,27,31H,1,7-8,11,28H2,2-5H3,(H,30,33)/t16-,17+,22-,23-,24?,27?/m0/s1. The normalized spacial score (nSPS) is 24.3. The number of carbonyl (C=O) groups is 2.